The minimum atomic E-state index is -3.76. The molecule has 2 heterocycles. The maximum atomic E-state index is 14.6. The number of sulfonamides is 1. The van der Waals surface area contributed by atoms with E-state index in [0.717, 1.165) is 32.1 Å². The Hall–Kier alpha value is -2.76. The summed E-state index contributed by atoms with van der Waals surface area (Å²) in [6, 6.07) is 2.61. The van der Waals surface area contributed by atoms with Gasteiger partial charge in [-0.3, -0.25) is 10.2 Å². The number of oxazole rings is 1. The SMILES string of the molecule is O=C(NNS(=O)(=O)CC1CCCCC1)c1cc(-c2cn(Cc3ncco3)cn2)cc(Cl)c1F. The van der Waals surface area contributed by atoms with Crippen molar-refractivity contribution >= 4 is 27.5 Å². The zero-order valence-corrected chi connectivity index (χ0v) is 19.2. The highest BCUT2D eigenvalue weighted by molar-refractivity contribution is 7.89. The lowest BCUT2D eigenvalue weighted by molar-refractivity contribution is 0.0941. The van der Waals surface area contributed by atoms with Crippen LogP contribution in [0.2, 0.25) is 5.02 Å². The molecule has 0 saturated heterocycles. The zero-order valence-electron chi connectivity index (χ0n) is 17.6. The van der Waals surface area contributed by atoms with Crippen LogP contribution in [0.15, 0.2) is 41.5 Å². The number of hydrogen-bond acceptors (Lipinski definition) is 6. The quantitative estimate of drug-likeness (QED) is 0.461. The number of carbonyl (C=O) groups excluding carboxylic acids is 1. The molecule has 3 aromatic rings. The summed E-state index contributed by atoms with van der Waals surface area (Å²) < 4.78 is 46.2. The molecule has 0 radical (unpaired) electrons. The molecule has 2 N–H and O–H groups in total. The highest BCUT2D eigenvalue weighted by Crippen LogP contribution is 2.27. The first-order valence-electron chi connectivity index (χ1n) is 10.5. The van der Waals surface area contributed by atoms with Gasteiger partial charge in [-0.05, 0) is 30.9 Å². The molecule has 1 aromatic carbocycles. The van der Waals surface area contributed by atoms with Crippen LogP contribution in [0.25, 0.3) is 11.3 Å². The van der Waals surface area contributed by atoms with E-state index in [2.05, 4.69) is 20.2 Å². The third kappa shape index (κ3) is 5.98. The van der Waals surface area contributed by atoms with Crippen LogP contribution >= 0.6 is 11.6 Å². The lowest BCUT2D eigenvalue weighted by Crippen LogP contribution is -2.44. The summed E-state index contributed by atoms with van der Waals surface area (Å²) in [4.78, 5) is 22.9. The Morgan fingerprint density at radius 3 is 2.76 bits per heavy atom. The lowest BCUT2D eigenvalue weighted by Gasteiger charge is -2.21. The largest absolute Gasteiger partial charge is 0.447 e. The average Bonchev–Trinajstić information content (AvgIpc) is 3.47. The van der Waals surface area contributed by atoms with E-state index in [1.165, 1.54) is 30.9 Å². The van der Waals surface area contributed by atoms with Gasteiger partial charge in [0.05, 0.1) is 34.6 Å². The van der Waals surface area contributed by atoms with Gasteiger partial charge in [0.1, 0.15) is 12.8 Å². The van der Waals surface area contributed by atoms with E-state index < -0.39 is 27.3 Å². The molecule has 0 atom stereocenters. The summed E-state index contributed by atoms with van der Waals surface area (Å²) in [6.07, 6.45) is 11.0. The Morgan fingerprint density at radius 2 is 2.03 bits per heavy atom. The molecule has 1 aliphatic carbocycles. The molecule has 176 valence electrons. The Labute approximate surface area is 195 Å². The molecular formula is C21H23ClFN5O4S. The Morgan fingerprint density at radius 1 is 1.24 bits per heavy atom. The predicted molar refractivity (Wildman–Crippen MR) is 119 cm³/mol. The van der Waals surface area contributed by atoms with Crippen LogP contribution in [-0.4, -0.2) is 34.6 Å². The molecule has 9 nitrogen and oxygen atoms in total. The number of aromatic nitrogens is 3. The lowest BCUT2D eigenvalue weighted by atomic mass is 9.91. The third-order valence-electron chi connectivity index (χ3n) is 5.50. The van der Waals surface area contributed by atoms with Gasteiger partial charge in [-0.2, -0.15) is 0 Å². The van der Waals surface area contributed by atoms with Gasteiger partial charge in [0.25, 0.3) is 5.91 Å². The molecule has 0 aliphatic heterocycles. The number of nitrogens with one attached hydrogen (secondary N) is 2. The monoisotopic (exact) mass is 495 g/mol. The van der Waals surface area contributed by atoms with Gasteiger partial charge in [-0.25, -0.2) is 22.8 Å². The number of nitrogens with zero attached hydrogens (tertiary/aromatic N) is 3. The Kier molecular flexibility index (Phi) is 7.11. The fourth-order valence-electron chi connectivity index (χ4n) is 3.88. The molecule has 4 rings (SSSR count). The summed E-state index contributed by atoms with van der Waals surface area (Å²) >= 11 is 6.00. The predicted octanol–water partition coefficient (Wildman–Crippen LogP) is 3.52. The second-order valence-corrected chi connectivity index (χ2v) is 10.2. The van der Waals surface area contributed by atoms with Crippen molar-refractivity contribution in [2.75, 3.05) is 5.75 Å². The van der Waals surface area contributed by atoms with E-state index in [4.69, 9.17) is 16.0 Å². The van der Waals surface area contributed by atoms with Crippen molar-refractivity contribution in [3.63, 3.8) is 0 Å². The van der Waals surface area contributed by atoms with Crippen LogP contribution in [0.3, 0.4) is 0 Å². The maximum Gasteiger partial charge on any atom is 0.269 e. The van der Waals surface area contributed by atoms with Crippen LogP contribution in [0.1, 0.15) is 48.4 Å². The Balaban J connectivity index is 1.46. The van der Waals surface area contributed by atoms with E-state index in [1.807, 2.05) is 0 Å². The summed E-state index contributed by atoms with van der Waals surface area (Å²) in [5, 5.41) is -0.287. The average molecular weight is 496 g/mol. The minimum absolute atomic E-state index is 0.0501. The van der Waals surface area contributed by atoms with Gasteiger partial charge < -0.3 is 8.98 Å². The first-order valence-corrected chi connectivity index (χ1v) is 12.5. The molecule has 12 heteroatoms. The van der Waals surface area contributed by atoms with Crippen molar-refractivity contribution in [2.24, 2.45) is 5.92 Å². The van der Waals surface area contributed by atoms with Crippen LogP contribution < -0.4 is 10.3 Å². The third-order valence-corrected chi connectivity index (χ3v) is 7.10. The standard InChI is InChI=1S/C21H23ClFN5O4S/c22-17-9-15(18-10-28(13-25-18)11-19-24-6-7-32-19)8-16(20(17)23)21(29)26-27-33(30,31)12-14-4-2-1-3-5-14/h6-10,13-14,27H,1-5,11-12H2,(H,26,29). The van der Waals surface area contributed by atoms with Crippen molar-refractivity contribution in [1.29, 1.82) is 0 Å². The molecule has 1 fully saturated rings. The number of benzene rings is 1. The smallest absolute Gasteiger partial charge is 0.269 e. The number of imidazole rings is 1. The number of rotatable bonds is 8. The van der Waals surface area contributed by atoms with Gasteiger partial charge in [0, 0.05) is 11.8 Å². The van der Waals surface area contributed by atoms with Crippen molar-refractivity contribution in [1.82, 2.24) is 24.8 Å². The minimum Gasteiger partial charge on any atom is -0.447 e. The van der Waals surface area contributed by atoms with Crippen molar-refractivity contribution in [3.05, 3.63) is 59.4 Å². The van der Waals surface area contributed by atoms with Gasteiger partial charge >= 0.3 is 0 Å². The number of hydrazine groups is 1. The molecule has 1 aliphatic rings. The highest BCUT2D eigenvalue weighted by atomic mass is 35.5. The van der Waals surface area contributed by atoms with Crippen LogP contribution in [-0.2, 0) is 16.6 Å². The summed E-state index contributed by atoms with van der Waals surface area (Å²) in [6.45, 7) is 0.338. The van der Waals surface area contributed by atoms with E-state index in [1.54, 1.807) is 10.8 Å². The van der Waals surface area contributed by atoms with Crippen LogP contribution in [0.5, 0.6) is 0 Å². The molecule has 1 saturated carbocycles. The summed E-state index contributed by atoms with van der Waals surface area (Å²) in [5.41, 5.74) is 2.52. The maximum absolute atomic E-state index is 14.6. The fourth-order valence-corrected chi connectivity index (χ4v) is 5.39. The van der Waals surface area contributed by atoms with Crippen LogP contribution in [0, 0.1) is 11.7 Å². The van der Waals surface area contributed by atoms with Gasteiger partial charge in [-0.15, -0.1) is 4.83 Å². The van der Waals surface area contributed by atoms with E-state index in [-0.39, 0.29) is 16.7 Å². The van der Waals surface area contributed by atoms with Gasteiger partial charge in [0.15, 0.2) is 5.82 Å². The van der Waals surface area contributed by atoms with Crippen LogP contribution in [0.4, 0.5) is 4.39 Å². The number of halogens is 2. The molecule has 1 amide bonds. The second-order valence-electron chi connectivity index (χ2n) is 8.02. The van der Waals surface area contributed by atoms with Gasteiger partial charge in [0.2, 0.25) is 15.9 Å². The molecule has 0 spiro atoms. The topological polar surface area (TPSA) is 119 Å². The van der Waals surface area contributed by atoms with Crippen molar-refractivity contribution in [3.8, 4) is 11.3 Å². The second kappa shape index (κ2) is 10.0. The molecule has 0 bridgehead atoms. The summed E-state index contributed by atoms with van der Waals surface area (Å²) in [7, 11) is -3.76. The van der Waals surface area contributed by atoms with E-state index >= 15 is 0 Å². The van der Waals surface area contributed by atoms with Crippen molar-refractivity contribution < 1.29 is 22.0 Å². The number of amides is 1. The van der Waals surface area contributed by atoms with E-state index in [0.29, 0.717) is 23.7 Å². The molecule has 2 aromatic heterocycles. The number of hydrogen-bond donors (Lipinski definition) is 2. The Bertz CT molecular complexity index is 1220. The first kappa shape index (κ1) is 23.4. The highest BCUT2D eigenvalue weighted by Gasteiger charge is 2.23. The first-order chi connectivity index (χ1) is 15.8. The molecular weight excluding hydrogens is 473 g/mol. The van der Waals surface area contributed by atoms with E-state index in [9.17, 15) is 17.6 Å². The number of carbonyl (C=O) groups is 1. The molecule has 33 heavy (non-hydrogen) atoms. The zero-order chi connectivity index (χ0) is 23.4. The van der Waals surface area contributed by atoms with Gasteiger partial charge in [-0.1, -0.05) is 30.9 Å². The van der Waals surface area contributed by atoms with Crippen molar-refractivity contribution in [2.45, 2.75) is 38.6 Å². The summed E-state index contributed by atoms with van der Waals surface area (Å²) in [5.74, 6) is -1.46. The fraction of sp³-hybridized carbons (Fsp3) is 0.381. The normalized spacial score (nSPS) is 15.0. The molecule has 0 unspecified atom stereocenters.